The second-order valence-electron chi connectivity index (χ2n) is 5.31. The first-order valence-electron chi connectivity index (χ1n) is 7.18. The van der Waals surface area contributed by atoms with Crippen LogP contribution in [0, 0.1) is 5.92 Å². The highest BCUT2D eigenvalue weighted by Crippen LogP contribution is 2.14. The van der Waals surface area contributed by atoms with Gasteiger partial charge in [-0.2, -0.15) is 4.98 Å². The second kappa shape index (κ2) is 7.28. The summed E-state index contributed by atoms with van der Waals surface area (Å²) in [4.78, 5) is 8.55. The Hall–Kier alpha value is -1.36. The Kier molecular flexibility index (Phi) is 5.39. The number of aromatic nitrogens is 2. The number of nitrogens with one attached hydrogen (secondary N) is 2. The van der Waals surface area contributed by atoms with E-state index in [1.165, 1.54) is 19.4 Å². The smallest absolute Gasteiger partial charge is 0.225 e. The number of anilines is 1. The zero-order valence-electron chi connectivity index (χ0n) is 11.9. The molecule has 1 fully saturated rings. The van der Waals surface area contributed by atoms with Crippen LogP contribution in [0.2, 0.25) is 0 Å². The molecular weight excluding hydrogens is 240 g/mol. The first-order chi connectivity index (χ1) is 9.24. The fourth-order valence-electron chi connectivity index (χ4n) is 2.29. The van der Waals surface area contributed by atoms with E-state index in [1.54, 1.807) is 12.3 Å². The van der Waals surface area contributed by atoms with Gasteiger partial charge in [0.1, 0.15) is 0 Å². The van der Waals surface area contributed by atoms with Gasteiger partial charge in [-0.15, -0.1) is 0 Å². The SMILES string of the molecule is CC(C)Oc1ccnc(NCCC2CCCNC2)n1. The molecule has 19 heavy (non-hydrogen) atoms. The van der Waals surface area contributed by atoms with Gasteiger partial charge in [0.2, 0.25) is 11.8 Å². The van der Waals surface area contributed by atoms with E-state index < -0.39 is 0 Å². The third kappa shape index (κ3) is 5.03. The lowest BCUT2D eigenvalue weighted by Crippen LogP contribution is -2.30. The zero-order valence-corrected chi connectivity index (χ0v) is 11.9. The Morgan fingerprint density at radius 2 is 2.42 bits per heavy atom. The molecular formula is C14H24N4O. The average Bonchev–Trinajstić information content (AvgIpc) is 2.40. The van der Waals surface area contributed by atoms with Gasteiger partial charge in [0.05, 0.1) is 6.10 Å². The van der Waals surface area contributed by atoms with E-state index in [0.29, 0.717) is 11.8 Å². The first-order valence-corrected chi connectivity index (χ1v) is 7.18. The zero-order chi connectivity index (χ0) is 13.5. The van der Waals surface area contributed by atoms with Gasteiger partial charge in [-0.05, 0) is 52.1 Å². The minimum atomic E-state index is 0.135. The van der Waals surface area contributed by atoms with Gasteiger partial charge in [-0.1, -0.05) is 0 Å². The lowest BCUT2D eigenvalue weighted by Gasteiger charge is -2.22. The molecule has 0 aliphatic carbocycles. The molecule has 1 aliphatic rings. The summed E-state index contributed by atoms with van der Waals surface area (Å²) in [6.07, 6.45) is 5.64. The molecule has 0 amide bonds. The van der Waals surface area contributed by atoms with Crippen LogP contribution in [-0.2, 0) is 0 Å². The highest BCUT2D eigenvalue weighted by atomic mass is 16.5. The van der Waals surface area contributed by atoms with E-state index in [2.05, 4.69) is 20.6 Å². The maximum absolute atomic E-state index is 5.55. The molecule has 5 heteroatoms. The van der Waals surface area contributed by atoms with Crippen molar-refractivity contribution in [2.24, 2.45) is 5.92 Å². The van der Waals surface area contributed by atoms with Crippen LogP contribution in [0.4, 0.5) is 5.95 Å². The number of hydrogen-bond acceptors (Lipinski definition) is 5. The monoisotopic (exact) mass is 264 g/mol. The van der Waals surface area contributed by atoms with Crippen LogP contribution >= 0.6 is 0 Å². The van der Waals surface area contributed by atoms with Gasteiger partial charge in [-0.25, -0.2) is 4.98 Å². The third-order valence-electron chi connectivity index (χ3n) is 3.22. The summed E-state index contributed by atoms with van der Waals surface area (Å²) in [5.41, 5.74) is 0. The molecule has 2 rings (SSSR count). The van der Waals surface area contributed by atoms with Crippen molar-refractivity contribution in [2.45, 2.75) is 39.2 Å². The largest absolute Gasteiger partial charge is 0.475 e. The van der Waals surface area contributed by atoms with Gasteiger partial charge >= 0.3 is 0 Å². The van der Waals surface area contributed by atoms with Crippen LogP contribution in [0.25, 0.3) is 0 Å². The van der Waals surface area contributed by atoms with E-state index in [1.807, 2.05) is 13.8 Å². The van der Waals surface area contributed by atoms with Crippen LogP contribution in [0.1, 0.15) is 33.1 Å². The number of rotatable bonds is 6. The van der Waals surface area contributed by atoms with Crippen molar-refractivity contribution in [2.75, 3.05) is 25.0 Å². The summed E-state index contributed by atoms with van der Waals surface area (Å²) < 4.78 is 5.55. The first kappa shape index (κ1) is 14.1. The Morgan fingerprint density at radius 3 is 3.16 bits per heavy atom. The van der Waals surface area contributed by atoms with Crippen LogP contribution in [0.3, 0.4) is 0 Å². The highest BCUT2D eigenvalue weighted by Gasteiger charge is 2.12. The van der Waals surface area contributed by atoms with Crippen LogP contribution < -0.4 is 15.4 Å². The Balaban J connectivity index is 1.75. The number of piperidine rings is 1. The van der Waals surface area contributed by atoms with Gasteiger partial charge in [0, 0.05) is 18.8 Å². The van der Waals surface area contributed by atoms with Crippen molar-refractivity contribution in [1.29, 1.82) is 0 Å². The van der Waals surface area contributed by atoms with Crippen molar-refractivity contribution >= 4 is 5.95 Å². The number of nitrogens with zero attached hydrogens (tertiary/aromatic N) is 2. The predicted octanol–water partition coefficient (Wildman–Crippen LogP) is 2.07. The molecule has 0 spiro atoms. The van der Waals surface area contributed by atoms with Gasteiger partial charge in [-0.3, -0.25) is 0 Å². The Morgan fingerprint density at radius 1 is 1.53 bits per heavy atom. The maximum atomic E-state index is 5.55. The topological polar surface area (TPSA) is 59.1 Å². The molecule has 106 valence electrons. The molecule has 2 heterocycles. The van der Waals surface area contributed by atoms with E-state index in [0.717, 1.165) is 25.4 Å². The fourth-order valence-corrected chi connectivity index (χ4v) is 2.29. The summed E-state index contributed by atoms with van der Waals surface area (Å²) in [6.45, 7) is 7.20. The van der Waals surface area contributed by atoms with Crippen molar-refractivity contribution in [1.82, 2.24) is 15.3 Å². The molecule has 0 saturated carbocycles. The van der Waals surface area contributed by atoms with Crippen LogP contribution in [0.5, 0.6) is 5.88 Å². The highest BCUT2D eigenvalue weighted by molar-refractivity contribution is 5.27. The summed E-state index contributed by atoms with van der Waals surface area (Å²) in [6, 6.07) is 1.79. The number of hydrogen-bond donors (Lipinski definition) is 2. The van der Waals surface area contributed by atoms with Crippen molar-refractivity contribution in [3.8, 4) is 5.88 Å². The van der Waals surface area contributed by atoms with Gasteiger partial charge < -0.3 is 15.4 Å². The molecule has 0 aromatic carbocycles. The maximum Gasteiger partial charge on any atom is 0.225 e. The molecule has 5 nitrogen and oxygen atoms in total. The van der Waals surface area contributed by atoms with Crippen LogP contribution in [0.15, 0.2) is 12.3 Å². The number of ether oxygens (including phenoxy) is 1. The van der Waals surface area contributed by atoms with E-state index in [-0.39, 0.29) is 6.10 Å². The molecule has 2 N–H and O–H groups in total. The van der Waals surface area contributed by atoms with Crippen molar-refractivity contribution < 1.29 is 4.74 Å². The van der Waals surface area contributed by atoms with Crippen molar-refractivity contribution in [3.05, 3.63) is 12.3 Å². The Labute approximate surface area is 115 Å². The third-order valence-corrected chi connectivity index (χ3v) is 3.22. The summed E-state index contributed by atoms with van der Waals surface area (Å²) >= 11 is 0. The van der Waals surface area contributed by atoms with Gasteiger partial charge in [0.25, 0.3) is 0 Å². The summed E-state index contributed by atoms with van der Waals surface area (Å²) in [5.74, 6) is 2.06. The second-order valence-corrected chi connectivity index (χ2v) is 5.31. The van der Waals surface area contributed by atoms with E-state index >= 15 is 0 Å². The molecule has 1 saturated heterocycles. The molecule has 1 aromatic heterocycles. The molecule has 1 unspecified atom stereocenters. The van der Waals surface area contributed by atoms with Crippen molar-refractivity contribution in [3.63, 3.8) is 0 Å². The summed E-state index contributed by atoms with van der Waals surface area (Å²) in [7, 11) is 0. The van der Waals surface area contributed by atoms with Gasteiger partial charge in [0.15, 0.2) is 0 Å². The quantitative estimate of drug-likeness (QED) is 0.823. The lowest BCUT2D eigenvalue weighted by atomic mass is 9.96. The normalized spacial score (nSPS) is 19.4. The van der Waals surface area contributed by atoms with E-state index in [9.17, 15) is 0 Å². The van der Waals surface area contributed by atoms with Crippen LogP contribution in [-0.4, -0.2) is 35.7 Å². The molecule has 0 bridgehead atoms. The summed E-state index contributed by atoms with van der Waals surface area (Å²) in [5, 5.41) is 6.71. The van der Waals surface area contributed by atoms with E-state index in [4.69, 9.17) is 4.74 Å². The average molecular weight is 264 g/mol. The minimum Gasteiger partial charge on any atom is -0.475 e. The fraction of sp³-hybridized carbons (Fsp3) is 0.714. The Bertz CT molecular complexity index is 377. The molecule has 1 atom stereocenters. The lowest BCUT2D eigenvalue weighted by molar-refractivity contribution is 0.232. The predicted molar refractivity (Wildman–Crippen MR) is 76.5 cm³/mol. The minimum absolute atomic E-state index is 0.135. The molecule has 1 aliphatic heterocycles. The molecule has 0 radical (unpaired) electrons. The molecule has 1 aromatic rings. The standard InChI is InChI=1S/C14H24N4O/c1-11(2)19-13-6-9-17-14(18-13)16-8-5-12-4-3-7-15-10-12/h6,9,11-12,15H,3-5,7-8,10H2,1-2H3,(H,16,17,18).